The SMILES string of the molecule is C=CCCn1c(=O)c(NC(=O)Nc2c(C(C)C)cccc2C(C)C)c(-c2cccc(OCCc3ccccn3)c2)c2cccnc21. The zero-order valence-corrected chi connectivity index (χ0v) is 26.9. The highest BCUT2D eigenvalue weighted by molar-refractivity contribution is 6.07. The van der Waals surface area contributed by atoms with Crippen LogP contribution < -0.4 is 20.9 Å². The first-order valence-corrected chi connectivity index (χ1v) is 15.7. The Morgan fingerprint density at radius 2 is 1.61 bits per heavy atom. The number of rotatable bonds is 12. The van der Waals surface area contributed by atoms with Gasteiger partial charge in [-0.05, 0) is 71.3 Å². The molecule has 236 valence electrons. The van der Waals surface area contributed by atoms with Crippen LogP contribution in [0.1, 0.15) is 62.8 Å². The molecule has 0 fully saturated rings. The molecule has 8 heteroatoms. The average molecular weight is 616 g/mol. The van der Waals surface area contributed by atoms with Crippen LogP contribution in [0.5, 0.6) is 5.75 Å². The van der Waals surface area contributed by atoms with Gasteiger partial charge in [0.25, 0.3) is 5.56 Å². The van der Waals surface area contributed by atoms with Crippen LogP contribution in [0.2, 0.25) is 0 Å². The summed E-state index contributed by atoms with van der Waals surface area (Å²) in [4.78, 5) is 37.1. The topological polar surface area (TPSA) is 98.1 Å². The lowest BCUT2D eigenvalue weighted by Gasteiger charge is -2.22. The molecule has 0 aliphatic heterocycles. The van der Waals surface area contributed by atoms with Gasteiger partial charge in [0.15, 0.2) is 0 Å². The van der Waals surface area contributed by atoms with E-state index >= 15 is 0 Å². The van der Waals surface area contributed by atoms with E-state index in [2.05, 4.69) is 54.9 Å². The number of hydrogen-bond acceptors (Lipinski definition) is 5. The Morgan fingerprint density at radius 3 is 2.30 bits per heavy atom. The molecule has 0 bridgehead atoms. The fourth-order valence-corrected chi connectivity index (χ4v) is 5.64. The molecule has 46 heavy (non-hydrogen) atoms. The van der Waals surface area contributed by atoms with Crippen molar-refractivity contribution in [1.29, 1.82) is 0 Å². The number of pyridine rings is 3. The number of benzene rings is 2. The van der Waals surface area contributed by atoms with E-state index in [-0.39, 0.29) is 23.1 Å². The fourth-order valence-electron chi connectivity index (χ4n) is 5.64. The largest absolute Gasteiger partial charge is 0.493 e. The van der Waals surface area contributed by atoms with Crippen LogP contribution in [0.3, 0.4) is 0 Å². The summed E-state index contributed by atoms with van der Waals surface area (Å²) in [5, 5.41) is 6.80. The van der Waals surface area contributed by atoms with Gasteiger partial charge in [-0.25, -0.2) is 9.78 Å². The second kappa shape index (κ2) is 14.7. The molecule has 2 aromatic carbocycles. The molecular weight excluding hydrogens is 574 g/mol. The number of urea groups is 1. The van der Waals surface area contributed by atoms with Gasteiger partial charge < -0.3 is 15.4 Å². The lowest BCUT2D eigenvalue weighted by atomic mass is 9.93. The summed E-state index contributed by atoms with van der Waals surface area (Å²) in [5.41, 5.74) is 5.43. The number of para-hydroxylation sites is 1. The molecule has 0 radical (unpaired) electrons. The second-order valence-corrected chi connectivity index (χ2v) is 11.8. The number of fused-ring (bicyclic) bond motifs is 1. The third kappa shape index (κ3) is 7.18. The Balaban J connectivity index is 1.58. The first kappa shape index (κ1) is 32.2. The number of carbonyl (C=O) groups is 1. The Bertz CT molecular complexity index is 1870. The van der Waals surface area contributed by atoms with Gasteiger partial charge in [-0.2, -0.15) is 0 Å². The molecule has 0 saturated carbocycles. The molecule has 3 heterocycles. The van der Waals surface area contributed by atoms with Gasteiger partial charge in [0, 0.05) is 47.7 Å². The van der Waals surface area contributed by atoms with Gasteiger partial charge in [0.1, 0.15) is 17.1 Å². The van der Waals surface area contributed by atoms with Gasteiger partial charge in [0.2, 0.25) is 0 Å². The second-order valence-electron chi connectivity index (χ2n) is 11.8. The highest BCUT2D eigenvalue weighted by Crippen LogP contribution is 2.36. The number of hydrogen-bond donors (Lipinski definition) is 2. The van der Waals surface area contributed by atoms with E-state index in [0.717, 1.165) is 33.5 Å². The molecule has 8 nitrogen and oxygen atoms in total. The van der Waals surface area contributed by atoms with Crippen LogP contribution in [0.25, 0.3) is 22.2 Å². The molecule has 2 N–H and O–H groups in total. The van der Waals surface area contributed by atoms with Gasteiger partial charge >= 0.3 is 6.03 Å². The van der Waals surface area contributed by atoms with Crippen molar-refractivity contribution in [1.82, 2.24) is 14.5 Å². The van der Waals surface area contributed by atoms with Crippen molar-refractivity contribution in [3.63, 3.8) is 0 Å². The molecule has 0 aliphatic rings. The van der Waals surface area contributed by atoms with Crippen LogP contribution in [0.4, 0.5) is 16.2 Å². The van der Waals surface area contributed by atoms with Gasteiger partial charge in [-0.3, -0.25) is 14.3 Å². The smallest absolute Gasteiger partial charge is 0.323 e. The van der Waals surface area contributed by atoms with Crippen LogP contribution in [-0.2, 0) is 13.0 Å². The maximum Gasteiger partial charge on any atom is 0.323 e. The molecule has 0 saturated heterocycles. The van der Waals surface area contributed by atoms with E-state index in [1.165, 1.54) is 0 Å². The number of nitrogens with zero attached hydrogens (tertiary/aromatic N) is 3. The predicted octanol–water partition coefficient (Wildman–Crippen LogP) is 8.55. The summed E-state index contributed by atoms with van der Waals surface area (Å²) in [6.45, 7) is 13.0. The number of anilines is 2. The Morgan fingerprint density at radius 1 is 0.891 bits per heavy atom. The molecule has 5 aromatic rings. The maximum absolute atomic E-state index is 14.2. The number of aryl methyl sites for hydroxylation is 1. The Labute approximate surface area is 270 Å². The quantitative estimate of drug-likeness (QED) is 0.137. The molecular formula is C38H41N5O3. The number of ether oxygens (including phenoxy) is 1. The summed E-state index contributed by atoms with van der Waals surface area (Å²) in [6.07, 6.45) is 6.42. The summed E-state index contributed by atoms with van der Waals surface area (Å²) in [6, 6.07) is 22.7. The van der Waals surface area contributed by atoms with Crippen molar-refractivity contribution in [3.05, 3.63) is 125 Å². The van der Waals surface area contributed by atoms with Crippen LogP contribution in [-0.4, -0.2) is 27.2 Å². The zero-order chi connectivity index (χ0) is 32.6. The molecule has 2 amide bonds. The van der Waals surface area contributed by atoms with Crippen molar-refractivity contribution in [2.24, 2.45) is 0 Å². The number of nitrogens with one attached hydrogen (secondary N) is 2. The summed E-state index contributed by atoms with van der Waals surface area (Å²) in [5.74, 6) is 1.02. The van der Waals surface area contributed by atoms with E-state index in [4.69, 9.17) is 4.74 Å². The van der Waals surface area contributed by atoms with Gasteiger partial charge in [-0.15, -0.1) is 6.58 Å². The first-order chi connectivity index (χ1) is 22.3. The molecule has 0 atom stereocenters. The number of allylic oxidation sites excluding steroid dienone is 1. The normalized spacial score (nSPS) is 11.2. The van der Waals surface area contributed by atoms with Crippen molar-refractivity contribution in [3.8, 4) is 16.9 Å². The lowest BCUT2D eigenvalue weighted by Crippen LogP contribution is -2.30. The standard InChI is InChI=1S/C38H41N5O3/c1-6-7-22-43-36-32(18-12-21-40-36)33(27-13-10-15-29(24-27)46-23-19-28-14-8-9-20-39-28)35(37(43)44)42-38(45)41-34-30(25(2)3)16-11-17-31(34)26(4)5/h6,8-18,20-21,24-26H,1,7,19,22-23H2,2-5H3,(H2,41,42,45). The molecule has 0 unspecified atom stereocenters. The van der Waals surface area contributed by atoms with Crippen LogP contribution >= 0.6 is 0 Å². The molecule has 0 spiro atoms. The predicted molar refractivity (Wildman–Crippen MR) is 187 cm³/mol. The first-order valence-electron chi connectivity index (χ1n) is 15.7. The van der Waals surface area contributed by atoms with Crippen molar-refractivity contribution in [2.45, 2.75) is 58.9 Å². The van der Waals surface area contributed by atoms with E-state index < -0.39 is 6.03 Å². The fraction of sp³-hybridized carbons (Fsp3) is 0.263. The third-order valence-corrected chi connectivity index (χ3v) is 7.90. The highest BCUT2D eigenvalue weighted by Gasteiger charge is 2.23. The summed E-state index contributed by atoms with van der Waals surface area (Å²) >= 11 is 0. The highest BCUT2D eigenvalue weighted by atomic mass is 16.5. The van der Waals surface area contributed by atoms with Gasteiger partial charge in [-0.1, -0.05) is 70.2 Å². The number of amides is 2. The summed E-state index contributed by atoms with van der Waals surface area (Å²) < 4.78 is 7.71. The monoisotopic (exact) mass is 615 g/mol. The van der Waals surface area contributed by atoms with Crippen molar-refractivity contribution < 1.29 is 9.53 Å². The molecule has 0 aliphatic carbocycles. The van der Waals surface area contributed by atoms with E-state index in [9.17, 15) is 9.59 Å². The minimum absolute atomic E-state index is 0.167. The van der Waals surface area contributed by atoms with Crippen LogP contribution in [0, 0.1) is 0 Å². The Kier molecular flexibility index (Phi) is 10.3. The van der Waals surface area contributed by atoms with Crippen molar-refractivity contribution in [2.75, 3.05) is 17.2 Å². The lowest BCUT2D eigenvalue weighted by molar-refractivity contribution is 0.262. The maximum atomic E-state index is 14.2. The van der Waals surface area contributed by atoms with E-state index in [1.807, 2.05) is 72.8 Å². The average Bonchev–Trinajstić information content (AvgIpc) is 3.05. The zero-order valence-electron chi connectivity index (χ0n) is 26.9. The van der Waals surface area contributed by atoms with Crippen LogP contribution in [0.15, 0.2) is 103 Å². The molecule has 5 rings (SSSR count). The summed E-state index contributed by atoms with van der Waals surface area (Å²) in [7, 11) is 0. The van der Waals surface area contributed by atoms with E-state index in [0.29, 0.717) is 43.0 Å². The number of carbonyl (C=O) groups excluding carboxylic acids is 1. The van der Waals surface area contributed by atoms with Crippen molar-refractivity contribution >= 4 is 28.4 Å². The van der Waals surface area contributed by atoms with E-state index in [1.54, 1.807) is 23.0 Å². The minimum Gasteiger partial charge on any atom is -0.493 e. The molecule has 3 aromatic heterocycles. The Hall–Kier alpha value is -5.24. The third-order valence-electron chi connectivity index (χ3n) is 7.90. The minimum atomic E-state index is -0.491. The van der Waals surface area contributed by atoms with Gasteiger partial charge in [0.05, 0.1) is 6.61 Å². The number of aromatic nitrogens is 3.